The van der Waals surface area contributed by atoms with Crippen molar-refractivity contribution in [2.24, 2.45) is 5.92 Å². The number of hydrazine groups is 1. The van der Waals surface area contributed by atoms with Gasteiger partial charge in [-0.2, -0.15) is 0 Å². The number of ether oxygens (including phenoxy) is 1. The molecule has 1 N–H and O–H groups in total. The summed E-state index contributed by atoms with van der Waals surface area (Å²) < 4.78 is 5.17. The molecule has 2 fully saturated rings. The van der Waals surface area contributed by atoms with Crippen LogP contribution in [0.3, 0.4) is 0 Å². The van der Waals surface area contributed by atoms with E-state index in [0.29, 0.717) is 30.4 Å². The van der Waals surface area contributed by atoms with Crippen LogP contribution in [-0.2, 0) is 14.3 Å². The summed E-state index contributed by atoms with van der Waals surface area (Å²) in [5.74, 6) is -0.148. The number of hydrogen-bond acceptors (Lipinski definition) is 6. The summed E-state index contributed by atoms with van der Waals surface area (Å²) in [4.78, 5) is 29.5. The molecule has 1 amide bonds. The molecule has 0 bridgehead atoms. The van der Waals surface area contributed by atoms with Crippen LogP contribution < -0.4 is 5.43 Å². The van der Waals surface area contributed by atoms with Crippen molar-refractivity contribution < 1.29 is 14.3 Å². The fourth-order valence-corrected chi connectivity index (χ4v) is 5.02. The van der Waals surface area contributed by atoms with Crippen molar-refractivity contribution >= 4 is 23.5 Å². The first-order valence-electron chi connectivity index (χ1n) is 12.6. The van der Waals surface area contributed by atoms with Gasteiger partial charge in [0.15, 0.2) is 0 Å². The first-order chi connectivity index (χ1) is 16.7. The van der Waals surface area contributed by atoms with Crippen molar-refractivity contribution in [3.8, 4) is 0 Å². The van der Waals surface area contributed by atoms with E-state index in [1.807, 2.05) is 61.0 Å². The average molecular weight is 503 g/mol. The fraction of sp³-hybridized carbons (Fsp3) is 0.556. The van der Waals surface area contributed by atoms with Crippen LogP contribution >= 0.6 is 11.6 Å². The van der Waals surface area contributed by atoms with Gasteiger partial charge in [-0.15, -0.1) is 0 Å². The third-order valence-electron chi connectivity index (χ3n) is 6.69. The SMILES string of the molecule is C=C(CN1CC(C)(C)N2NC(c3ccc(Cl)cc3)C=C2C1=O)N1CCC(C(=O)OCC)CC1.CC. The number of piperidine rings is 1. The molecule has 1 atom stereocenters. The largest absolute Gasteiger partial charge is 0.466 e. The van der Waals surface area contributed by atoms with Gasteiger partial charge in [-0.05, 0) is 57.4 Å². The highest BCUT2D eigenvalue weighted by Crippen LogP contribution is 2.35. The zero-order valence-electron chi connectivity index (χ0n) is 21.6. The minimum atomic E-state index is -0.280. The van der Waals surface area contributed by atoms with Gasteiger partial charge in [-0.25, -0.2) is 5.43 Å². The van der Waals surface area contributed by atoms with Gasteiger partial charge < -0.3 is 14.5 Å². The fourth-order valence-electron chi connectivity index (χ4n) is 4.90. The number of likely N-dealkylation sites (tertiary alicyclic amines) is 1. The number of nitrogens with zero attached hydrogens (tertiary/aromatic N) is 3. The van der Waals surface area contributed by atoms with Gasteiger partial charge in [0.1, 0.15) is 5.70 Å². The molecular formula is C27H39ClN4O3. The van der Waals surface area contributed by atoms with E-state index in [1.54, 1.807) is 0 Å². The number of rotatable bonds is 6. The molecule has 1 unspecified atom stereocenters. The van der Waals surface area contributed by atoms with E-state index in [0.717, 1.165) is 37.2 Å². The maximum absolute atomic E-state index is 13.4. The summed E-state index contributed by atoms with van der Waals surface area (Å²) in [7, 11) is 0. The van der Waals surface area contributed by atoms with Crippen molar-refractivity contribution in [1.29, 1.82) is 0 Å². The summed E-state index contributed by atoms with van der Waals surface area (Å²) in [5, 5.41) is 2.69. The van der Waals surface area contributed by atoms with E-state index < -0.39 is 0 Å². The van der Waals surface area contributed by atoms with Crippen LogP contribution in [0.1, 0.15) is 59.1 Å². The van der Waals surface area contributed by atoms with Crippen LogP contribution in [0.4, 0.5) is 0 Å². The summed E-state index contributed by atoms with van der Waals surface area (Å²) in [6.45, 7) is 17.3. The zero-order chi connectivity index (χ0) is 25.8. The van der Waals surface area contributed by atoms with Gasteiger partial charge in [-0.1, -0.05) is 44.2 Å². The highest BCUT2D eigenvalue weighted by molar-refractivity contribution is 6.30. The molecule has 4 rings (SSSR count). The van der Waals surface area contributed by atoms with Gasteiger partial charge in [-0.3, -0.25) is 14.6 Å². The number of carbonyl (C=O) groups is 2. The quantitative estimate of drug-likeness (QED) is 0.577. The second-order valence-electron chi connectivity index (χ2n) is 9.60. The molecule has 3 aliphatic heterocycles. The Morgan fingerprint density at radius 3 is 2.43 bits per heavy atom. The van der Waals surface area contributed by atoms with Crippen molar-refractivity contribution in [2.45, 2.75) is 59.0 Å². The lowest BCUT2D eigenvalue weighted by Crippen LogP contribution is -2.62. The number of fused-ring (bicyclic) bond motifs is 1. The number of amides is 1. The second kappa shape index (κ2) is 11.5. The predicted molar refractivity (Wildman–Crippen MR) is 139 cm³/mol. The Labute approximate surface area is 214 Å². The van der Waals surface area contributed by atoms with E-state index in [9.17, 15) is 9.59 Å². The molecule has 0 spiro atoms. The summed E-state index contributed by atoms with van der Waals surface area (Å²) >= 11 is 6.04. The summed E-state index contributed by atoms with van der Waals surface area (Å²) in [6.07, 6.45) is 3.50. The highest BCUT2D eigenvalue weighted by atomic mass is 35.5. The smallest absolute Gasteiger partial charge is 0.309 e. The van der Waals surface area contributed by atoms with E-state index in [-0.39, 0.29) is 29.4 Å². The van der Waals surface area contributed by atoms with Crippen LogP contribution in [-0.4, -0.2) is 65.0 Å². The van der Waals surface area contributed by atoms with E-state index in [1.165, 1.54) is 0 Å². The third kappa shape index (κ3) is 6.01. The minimum absolute atomic E-state index is 0.000785. The molecule has 1 aromatic rings. The first kappa shape index (κ1) is 27.1. The number of piperazine rings is 1. The monoisotopic (exact) mass is 502 g/mol. The van der Waals surface area contributed by atoms with Crippen LogP contribution in [0, 0.1) is 5.92 Å². The lowest BCUT2D eigenvalue weighted by atomic mass is 9.96. The van der Waals surface area contributed by atoms with Crippen molar-refractivity contribution in [1.82, 2.24) is 20.2 Å². The Bertz CT molecular complexity index is 952. The van der Waals surface area contributed by atoms with Gasteiger partial charge in [0, 0.05) is 30.4 Å². The van der Waals surface area contributed by atoms with Crippen molar-refractivity contribution in [2.75, 3.05) is 32.8 Å². The molecule has 0 aliphatic carbocycles. The molecule has 8 heteroatoms. The van der Waals surface area contributed by atoms with Crippen LogP contribution in [0.2, 0.25) is 5.02 Å². The maximum atomic E-state index is 13.4. The Morgan fingerprint density at radius 1 is 1.20 bits per heavy atom. The molecule has 2 saturated heterocycles. The molecule has 0 radical (unpaired) electrons. The Morgan fingerprint density at radius 2 is 1.83 bits per heavy atom. The van der Waals surface area contributed by atoms with Gasteiger partial charge in [0.2, 0.25) is 0 Å². The number of esters is 1. The molecule has 0 saturated carbocycles. The summed E-state index contributed by atoms with van der Waals surface area (Å²) in [5.41, 5.74) is 5.85. The van der Waals surface area contributed by atoms with E-state index >= 15 is 0 Å². The van der Waals surface area contributed by atoms with Gasteiger partial charge in [0.25, 0.3) is 5.91 Å². The summed E-state index contributed by atoms with van der Waals surface area (Å²) in [6, 6.07) is 7.61. The molecule has 1 aromatic carbocycles. The number of benzene rings is 1. The molecule has 7 nitrogen and oxygen atoms in total. The first-order valence-corrected chi connectivity index (χ1v) is 13.0. The number of halogens is 1. The molecule has 3 heterocycles. The van der Waals surface area contributed by atoms with Gasteiger partial charge >= 0.3 is 5.97 Å². The van der Waals surface area contributed by atoms with E-state index in [2.05, 4.69) is 30.8 Å². The third-order valence-corrected chi connectivity index (χ3v) is 6.94. The topological polar surface area (TPSA) is 65.1 Å². The highest BCUT2D eigenvalue weighted by Gasteiger charge is 2.45. The molecule has 0 aromatic heterocycles. The lowest BCUT2D eigenvalue weighted by molar-refractivity contribution is -0.149. The Hall–Kier alpha value is -2.51. The number of hydrogen-bond donors (Lipinski definition) is 1. The lowest BCUT2D eigenvalue weighted by Gasteiger charge is -2.47. The normalized spacial score (nSPS) is 21.7. The number of carbonyl (C=O) groups excluding carboxylic acids is 2. The maximum Gasteiger partial charge on any atom is 0.309 e. The standard InChI is InChI=1S/C25H33ClN4O3.C2H6/c1-5-33-24(32)19-10-12-28(13-11-19)17(2)15-29-16-25(3,4)30-22(23(29)31)14-21(27-30)18-6-8-20(26)9-7-18;1-2/h6-9,14,19,21,27H,2,5,10-13,15-16H2,1,3-4H3;1-2H3. The van der Waals surface area contributed by atoms with Crippen molar-refractivity contribution in [3.05, 3.63) is 58.9 Å². The Kier molecular flexibility index (Phi) is 8.89. The molecule has 3 aliphatic rings. The minimum Gasteiger partial charge on any atom is -0.466 e. The molecule has 192 valence electrons. The van der Waals surface area contributed by atoms with E-state index in [4.69, 9.17) is 16.3 Å². The second-order valence-corrected chi connectivity index (χ2v) is 10.0. The number of nitrogens with one attached hydrogen (secondary N) is 1. The Balaban J connectivity index is 0.00000167. The molecule has 35 heavy (non-hydrogen) atoms. The van der Waals surface area contributed by atoms with Crippen molar-refractivity contribution in [3.63, 3.8) is 0 Å². The average Bonchev–Trinajstić information content (AvgIpc) is 3.31. The van der Waals surface area contributed by atoms with Crippen LogP contribution in [0.15, 0.2) is 48.3 Å². The van der Waals surface area contributed by atoms with Crippen LogP contribution in [0.25, 0.3) is 0 Å². The van der Waals surface area contributed by atoms with Gasteiger partial charge in [0.05, 0.1) is 30.7 Å². The predicted octanol–water partition coefficient (Wildman–Crippen LogP) is 4.52. The van der Waals surface area contributed by atoms with Crippen LogP contribution in [0.5, 0.6) is 0 Å². The molecular weight excluding hydrogens is 464 g/mol. The zero-order valence-corrected chi connectivity index (χ0v) is 22.4.